The minimum Gasteiger partial charge on any atom is -0.370 e. The predicted octanol–water partition coefficient (Wildman–Crippen LogP) is 3.19. The Kier molecular flexibility index (Phi) is 5.34. The van der Waals surface area contributed by atoms with E-state index >= 15 is 0 Å². The van der Waals surface area contributed by atoms with Crippen molar-refractivity contribution >= 4 is 34.0 Å². The average Bonchev–Trinajstić information content (AvgIpc) is 2.34. The number of hydrogen-bond donors (Lipinski definition) is 0. The van der Waals surface area contributed by atoms with Crippen LogP contribution in [0.25, 0.3) is 0 Å². The van der Waals surface area contributed by atoms with E-state index in [0.717, 1.165) is 12.2 Å². The van der Waals surface area contributed by atoms with Gasteiger partial charge in [0.1, 0.15) is 0 Å². The maximum Gasteiger partial charge on any atom is 0.282 e. The zero-order valence-corrected chi connectivity index (χ0v) is 12.4. The van der Waals surface area contributed by atoms with E-state index < -0.39 is 0 Å². The molecular formula is C12H14IN3O2. The Hall–Kier alpha value is -1.36. The first-order valence-corrected chi connectivity index (χ1v) is 6.66. The van der Waals surface area contributed by atoms with E-state index in [9.17, 15) is 10.1 Å². The number of nitriles is 1. The van der Waals surface area contributed by atoms with Crippen molar-refractivity contribution in [1.29, 1.82) is 5.26 Å². The Morgan fingerprint density at radius 3 is 2.72 bits per heavy atom. The van der Waals surface area contributed by atoms with Gasteiger partial charge >= 0.3 is 0 Å². The maximum atomic E-state index is 10.7. The van der Waals surface area contributed by atoms with Crippen molar-refractivity contribution in [1.82, 2.24) is 0 Å². The van der Waals surface area contributed by atoms with Crippen molar-refractivity contribution in [3.63, 3.8) is 0 Å². The highest BCUT2D eigenvalue weighted by Crippen LogP contribution is 2.26. The highest BCUT2D eigenvalue weighted by Gasteiger charge is 2.15. The fourth-order valence-electron chi connectivity index (χ4n) is 1.63. The number of rotatable bonds is 5. The van der Waals surface area contributed by atoms with Gasteiger partial charge in [-0.25, -0.2) is 0 Å². The van der Waals surface area contributed by atoms with Gasteiger partial charge in [-0.2, -0.15) is 5.26 Å². The average molecular weight is 359 g/mol. The first kappa shape index (κ1) is 14.7. The molecule has 1 atom stereocenters. The van der Waals surface area contributed by atoms with Gasteiger partial charge in [0.2, 0.25) is 0 Å². The molecule has 0 fully saturated rings. The summed E-state index contributed by atoms with van der Waals surface area (Å²) in [6, 6.07) is 7.22. The molecule has 0 bridgehead atoms. The quantitative estimate of drug-likeness (QED) is 0.460. The standard InChI is InChI=1S/C12H14IN3O2/c1-3-15(8-9(2)7-14)10-4-5-12(16(17)18)11(13)6-10/h4-6,9H,3,8H2,1-2H3. The Morgan fingerprint density at radius 2 is 2.28 bits per heavy atom. The van der Waals surface area contributed by atoms with Gasteiger partial charge in [-0.05, 0) is 48.6 Å². The third kappa shape index (κ3) is 3.57. The van der Waals surface area contributed by atoms with Crippen molar-refractivity contribution in [3.05, 3.63) is 31.9 Å². The lowest BCUT2D eigenvalue weighted by Gasteiger charge is -2.24. The van der Waals surface area contributed by atoms with Gasteiger partial charge in [-0.3, -0.25) is 10.1 Å². The van der Waals surface area contributed by atoms with Gasteiger partial charge in [0.15, 0.2) is 0 Å². The Labute approximate surface area is 120 Å². The molecule has 0 aliphatic carbocycles. The van der Waals surface area contributed by atoms with Gasteiger partial charge in [0, 0.05) is 24.8 Å². The summed E-state index contributed by atoms with van der Waals surface area (Å²) < 4.78 is 0.609. The number of benzene rings is 1. The minimum absolute atomic E-state index is 0.0715. The van der Waals surface area contributed by atoms with E-state index in [0.29, 0.717) is 10.1 Å². The second-order valence-electron chi connectivity index (χ2n) is 3.96. The minimum atomic E-state index is -0.389. The van der Waals surface area contributed by atoms with E-state index in [2.05, 4.69) is 6.07 Å². The van der Waals surface area contributed by atoms with Gasteiger partial charge in [0.25, 0.3) is 5.69 Å². The molecule has 0 N–H and O–H groups in total. The van der Waals surface area contributed by atoms with E-state index in [1.54, 1.807) is 12.1 Å². The van der Waals surface area contributed by atoms with Crippen LogP contribution in [0.2, 0.25) is 0 Å². The third-order valence-electron chi connectivity index (χ3n) is 2.59. The summed E-state index contributed by atoms with van der Waals surface area (Å²) in [4.78, 5) is 12.4. The molecule has 0 aliphatic rings. The van der Waals surface area contributed by atoms with Gasteiger partial charge in [-0.15, -0.1) is 0 Å². The molecule has 96 valence electrons. The van der Waals surface area contributed by atoms with Crippen molar-refractivity contribution in [2.45, 2.75) is 13.8 Å². The van der Waals surface area contributed by atoms with Crippen LogP contribution in [0.15, 0.2) is 18.2 Å². The summed E-state index contributed by atoms with van der Waals surface area (Å²) in [6.45, 7) is 5.25. The second-order valence-corrected chi connectivity index (χ2v) is 5.12. The smallest absolute Gasteiger partial charge is 0.282 e. The van der Waals surface area contributed by atoms with E-state index in [-0.39, 0.29) is 16.5 Å². The number of nitrogens with zero attached hydrogens (tertiary/aromatic N) is 3. The summed E-state index contributed by atoms with van der Waals surface area (Å²) in [5.74, 6) is -0.0715. The monoisotopic (exact) mass is 359 g/mol. The van der Waals surface area contributed by atoms with Crippen molar-refractivity contribution in [3.8, 4) is 6.07 Å². The lowest BCUT2D eigenvalue weighted by Crippen LogP contribution is -2.27. The number of nitro groups is 1. The van der Waals surface area contributed by atoms with Crippen LogP contribution in [-0.2, 0) is 0 Å². The Morgan fingerprint density at radius 1 is 1.61 bits per heavy atom. The molecule has 1 unspecified atom stereocenters. The van der Waals surface area contributed by atoms with E-state index in [1.807, 2.05) is 41.3 Å². The molecule has 1 aromatic carbocycles. The summed E-state index contributed by atoms with van der Waals surface area (Å²) in [7, 11) is 0. The summed E-state index contributed by atoms with van der Waals surface area (Å²) in [5.41, 5.74) is 1.03. The third-order valence-corrected chi connectivity index (χ3v) is 3.45. The molecular weight excluding hydrogens is 345 g/mol. The van der Waals surface area contributed by atoms with Crippen LogP contribution < -0.4 is 4.90 Å². The van der Waals surface area contributed by atoms with Crippen molar-refractivity contribution < 1.29 is 4.92 Å². The SMILES string of the molecule is CCN(CC(C)C#N)c1ccc([N+](=O)[O-])c(I)c1. The zero-order valence-electron chi connectivity index (χ0n) is 10.3. The molecule has 0 amide bonds. The van der Waals surface area contributed by atoms with Crippen LogP contribution in [0.3, 0.4) is 0 Å². The molecule has 1 aromatic rings. The van der Waals surface area contributed by atoms with Crippen molar-refractivity contribution in [2.24, 2.45) is 5.92 Å². The van der Waals surface area contributed by atoms with Crippen LogP contribution in [0, 0.1) is 30.9 Å². The second kappa shape index (κ2) is 6.54. The van der Waals surface area contributed by atoms with E-state index in [1.165, 1.54) is 6.07 Å². The fraction of sp³-hybridized carbons (Fsp3) is 0.417. The fourth-order valence-corrected chi connectivity index (χ4v) is 2.32. The Bertz CT molecular complexity index is 485. The van der Waals surface area contributed by atoms with Crippen LogP contribution in [-0.4, -0.2) is 18.0 Å². The molecule has 5 nitrogen and oxygen atoms in total. The topological polar surface area (TPSA) is 70.2 Å². The van der Waals surface area contributed by atoms with Gasteiger partial charge in [0.05, 0.1) is 20.5 Å². The highest BCUT2D eigenvalue weighted by atomic mass is 127. The summed E-state index contributed by atoms with van der Waals surface area (Å²) >= 11 is 1.96. The molecule has 0 spiro atoms. The molecule has 0 radical (unpaired) electrons. The van der Waals surface area contributed by atoms with Crippen LogP contribution in [0.4, 0.5) is 11.4 Å². The Balaban J connectivity index is 2.98. The lowest BCUT2D eigenvalue weighted by molar-refractivity contribution is -0.385. The molecule has 0 heterocycles. The molecule has 0 aliphatic heterocycles. The number of hydrogen-bond acceptors (Lipinski definition) is 4. The molecule has 0 saturated carbocycles. The molecule has 0 saturated heterocycles. The summed E-state index contributed by atoms with van der Waals surface area (Å²) in [6.07, 6.45) is 0. The number of nitro benzene ring substituents is 1. The first-order valence-electron chi connectivity index (χ1n) is 5.58. The molecule has 0 aromatic heterocycles. The largest absolute Gasteiger partial charge is 0.370 e. The van der Waals surface area contributed by atoms with Crippen LogP contribution in [0.1, 0.15) is 13.8 Å². The van der Waals surface area contributed by atoms with Crippen molar-refractivity contribution in [2.75, 3.05) is 18.0 Å². The maximum absolute atomic E-state index is 10.7. The predicted molar refractivity (Wildman–Crippen MR) is 78.5 cm³/mol. The first-order chi connectivity index (χ1) is 8.49. The van der Waals surface area contributed by atoms with Crippen LogP contribution in [0.5, 0.6) is 0 Å². The molecule has 18 heavy (non-hydrogen) atoms. The molecule has 1 rings (SSSR count). The number of halogens is 1. The van der Waals surface area contributed by atoms with Gasteiger partial charge in [-0.1, -0.05) is 0 Å². The zero-order chi connectivity index (χ0) is 13.7. The lowest BCUT2D eigenvalue weighted by atomic mass is 10.1. The highest BCUT2D eigenvalue weighted by molar-refractivity contribution is 14.1. The van der Waals surface area contributed by atoms with Gasteiger partial charge < -0.3 is 4.90 Å². The number of anilines is 1. The summed E-state index contributed by atoms with van der Waals surface area (Å²) in [5, 5.41) is 19.6. The van der Waals surface area contributed by atoms with E-state index in [4.69, 9.17) is 5.26 Å². The van der Waals surface area contributed by atoms with Crippen LogP contribution >= 0.6 is 22.6 Å². The normalized spacial score (nSPS) is 11.7. The molecule has 6 heteroatoms.